The highest BCUT2D eigenvalue weighted by Gasteiger charge is 2.43. The van der Waals surface area contributed by atoms with Crippen molar-refractivity contribution >= 4 is 29.2 Å². The van der Waals surface area contributed by atoms with Gasteiger partial charge in [0.15, 0.2) is 5.76 Å². The van der Waals surface area contributed by atoms with Gasteiger partial charge in [0.05, 0.1) is 28.2 Å². The first-order valence-electron chi connectivity index (χ1n) is 16.6. The molecule has 2 N–H and O–H groups in total. The second-order valence-corrected chi connectivity index (χ2v) is 14.9. The van der Waals surface area contributed by atoms with E-state index in [0.29, 0.717) is 31.7 Å². The van der Waals surface area contributed by atoms with E-state index in [4.69, 9.17) is 14.0 Å². The number of hydrogen-bond donors (Lipinski definition) is 2. The Balaban J connectivity index is 1.20. The van der Waals surface area contributed by atoms with Crippen molar-refractivity contribution in [3.63, 3.8) is 0 Å². The fourth-order valence-electron chi connectivity index (χ4n) is 6.24. The van der Waals surface area contributed by atoms with Gasteiger partial charge in [-0.15, -0.1) is 11.3 Å². The van der Waals surface area contributed by atoms with Gasteiger partial charge in [0, 0.05) is 45.0 Å². The number of piperidine rings is 1. The number of rotatable bonds is 9. The van der Waals surface area contributed by atoms with Crippen LogP contribution in [0, 0.1) is 12.8 Å². The summed E-state index contributed by atoms with van der Waals surface area (Å²) in [6, 6.07) is 8.48. The maximum Gasteiger partial charge on any atom is 0.410 e. The van der Waals surface area contributed by atoms with Crippen LogP contribution in [0.1, 0.15) is 89.8 Å². The second kappa shape index (κ2) is 14.7. The molecule has 0 saturated carbocycles. The van der Waals surface area contributed by atoms with Gasteiger partial charge in [0.1, 0.15) is 23.7 Å². The van der Waals surface area contributed by atoms with Crippen LogP contribution >= 0.6 is 11.3 Å². The Bertz CT molecular complexity index is 1570. The Kier molecular flexibility index (Phi) is 10.8. The van der Waals surface area contributed by atoms with E-state index in [1.165, 1.54) is 4.90 Å². The van der Waals surface area contributed by atoms with E-state index in [2.05, 4.69) is 15.5 Å². The minimum atomic E-state index is -0.830. The zero-order valence-corrected chi connectivity index (χ0v) is 29.6. The molecule has 1 aromatic carbocycles. The Hall–Kier alpha value is -3.97. The van der Waals surface area contributed by atoms with Gasteiger partial charge < -0.3 is 34.2 Å². The molecule has 48 heavy (non-hydrogen) atoms. The van der Waals surface area contributed by atoms with Crippen LogP contribution in [0.25, 0.3) is 10.4 Å². The number of aliphatic hydroxyl groups is 1. The fourth-order valence-corrected chi connectivity index (χ4v) is 7.05. The first kappa shape index (κ1) is 35.3. The van der Waals surface area contributed by atoms with Gasteiger partial charge in [0.2, 0.25) is 11.8 Å². The van der Waals surface area contributed by atoms with Crippen molar-refractivity contribution in [1.82, 2.24) is 25.3 Å². The van der Waals surface area contributed by atoms with Gasteiger partial charge in [0.25, 0.3) is 5.88 Å². The molecule has 3 aromatic rings. The van der Waals surface area contributed by atoms with Crippen LogP contribution in [0.2, 0.25) is 0 Å². The summed E-state index contributed by atoms with van der Waals surface area (Å²) >= 11 is 1.59. The highest BCUT2D eigenvalue weighted by molar-refractivity contribution is 7.13. The number of benzene rings is 1. The predicted molar refractivity (Wildman–Crippen MR) is 181 cm³/mol. The second-order valence-electron chi connectivity index (χ2n) is 14.1. The van der Waals surface area contributed by atoms with E-state index in [1.807, 2.05) is 78.2 Å². The molecule has 5 rings (SSSR count). The molecule has 0 radical (unpaired) electrons. The van der Waals surface area contributed by atoms with Crippen molar-refractivity contribution in [2.45, 2.75) is 104 Å². The van der Waals surface area contributed by atoms with Crippen LogP contribution < -0.4 is 10.1 Å². The lowest BCUT2D eigenvalue weighted by Gasteiger charge is -2.33. The SMILES string of the molecule is Cc1ncsc1-c1ccc([C@H](C)NC(=O)[C@@H]2C[C@@H](O)CN2C(=O)[C@H](c2cc(OC3CCN(C(=O)OC(C)(C)C)CC3)no2)C(C)C)cc1. The summed E-state index contributed by atoms with van der Waals surface area (Å²) in [5, 5.41) is 17.7. The van der Waals surface area contributed by atoms with E-state index in [9.17, 15) is 19.5 Å². The molecule has 0 bridgehead atoms. The maximum absolute atomic E-state index is 14.0. The molecule has 2 aliphatic heterocycles. The first-order valence-corrected chi connectivity index (χ1v) is 17.5. The zero-order valence-electron chi connectivity index (χ0n) is 28.8. The van der Waals surface area contributed by atoms with Gasteiger partial charge in [-0.2, -0.15) is 0 Å². The number of aryl methyl sites for hydroxylation is 1. The van der Waals surface area contributed by atoms with Crippen LogP contribution in [0.5, 0.6) is 5.88 Å². The van der Waals surface area contributed by atoms with Crippen molar-refractivity contribution < 1.29 is 33.5 Å². The average Bonchev–Trinajstić information content (AvgIpc) is 3.76. The third-order valence-electron chi connectivity index (χ3n) is 8.77. The van der Waals surface area contributed by atoms with Gasteiger partial charge in [-0.3, -0.25) is 9.59 Å². The number of nitrogens with zero attached hydrogens (tertiary/aromatic N) is 4. The zero-order chi connectivity index (χ0) is 34.7. The lowest BCUT2D eigenvalue weighted by Crippen LogP contribution is -2.48. The van der Waals surface area contributed by atoms with Gasteiger partial charge in [-0.25, -0.2) is 9.78 Å². The topological polar surface area (TPSA) is 147 Å². The van der Waals surface area contributed by atoms with Crippen LogP contribution in [-0.2, 0) is 14.3 Å². The number of carbonyl (C=O) groups is 3. The molecular formula is C35H47N5O7S. The van der Waals surface area contributed by atoms with Gasteiger partial charge >= 0.3 is 6.09 Å². The Morgan fingerprint density at radius 3 is 2.40 bits per heavy atom. The molecule has 2 saturated heterocycles. The Morgan fingerprint density at radius 1 is 1.10 bits per heavy atom. The highest BCUT2D eigenvalue weighted by atomic mass is 32.1. The summed E-state index contributed by atoms with van der Waals surface area (Å²) < 4.78 is 17.2. The standard InChI is InChI=1S/C35H47N5O7S/c1-20(2)30(28-17-29(38-47-28)45-26-12-14-39(15-13-26)34(44)46-35(5,6)7)33(43)40-18-25(41)16-27(40)32(42)37-21(3)23-8-10-24(11-9-23)31-22(4)36-19-48-31/h8-11,17,19-21,25-27,30,41H,12-16,18H2,1-7H3,(H,37,42)/t21-,25+,27-,30-/m0/s1. The first-order chi connectivity index (χ1) is 22.7. The summed E-state index contributed by atoms with van der Waals surface area (Å²) in [5.74, 6) is -0.952. The lowest BCUT2D eigenvalue weighted by molar-refractivity contribution is -0.141. The highest BCUT2D eigenvalue weighted by Crippen LogP contribution is 2.34. The normalized spacial score (nSPS) is 20.1. The van der Waals surface area contributed by atoms with Gasteiger partial charge in [-0.05, 0) is 56.8 Å². The van der Waals surface area contributed by atoms with E-state index >= 15 is 0 Å². The molecule has 4 heterocycles. The molecule has 0 aliphatic carbocycles. The summed E-state index contributed by atoms with van der Waals surface area (Å²) in [5.41, 5.74) is 4.23. The number of thiazole rings is 1. The number of amides is 3. The van der Waals surface area contributed by atoms with Crippen LogP contribution in [0.4, 0.5) is 4.79 Å². The molecule has 2 aliphatic rings. The van der Waals surface area contributed by atoms with Crippen LogP contribution in [-0.4, -0.2) is 86.4 Å². The number of likely N-dealkylation sites (tertiary alicyclic amines) is 2. The molecule has 4 atom stereocenters. The fraction of sp³-hybridized carbons (Fsp3) is 0.571. The van der Waals surface area contributed by atoms with Crippen molar-refractivity contribution in [1.29, 1.82) is 0 Å². The Labute approximate surface area is 285 Å². The summed E-state index contributed by atoms with van der Waals surface area (Å²) in [7, 11) is 0. The van der Waals surface area contributed by atoms with E-state index < -0.39 is 23.7 Å². The third kappa shape index (κ3) is 8.35. The number of hydrogen-bond acceptors (Lipinski definition) is 10. The molecule has 260 valence electrons. The van der Waals surface area contributed by atoms with Crippen LogP contribution in [0.15, 0.2) is 40.4 Å². The number of aliphatic hydroxyl groups excluding tert-OH is 1. The van der Waals surface area contributed by atoms with E-state index in [0.717, 1.165) is 21.7 Å². The molecule has 12 nitrogen and oxygen atoms in total. The Morgan fingerprint density at radius 2 is 1.79 bits per heavy atom. The number of aromatic nitrogens is 2. The predicted octanol–water partition coefficient (Wildman–Crippen LogP) is 5.46. The number of nitrogens with one attached hydrogen (secondary N) is 1. The average molecular weight is 682 g/mol. The van der Waals surface area contributed by atoms with Gasteiger partial charge in [-0.1, -0.05) is 38.1 Å². The molecule has 13 heteroatoms. The smallest absolute Gasteiger partial charge is 0.410 e. The van der Waals surface area contributed by atoms with E-state index in [-0.39, 0.29) is 54.8 Å². The molecule has 2 aromatic heterocycles. The third-order valence-corrected chi connectivity index (χ3v) is 9.75. The van der Waals surface area contributed by atoms with Crippen molar-refractivity contribution in [3.8, 4) is 16.3 Å². The van der Waals surface area contributed by atoms with Crippen molar-refractivity contribution in [2.75, 3.05) is 19.6 Å². The minimum Gasteiger partial charge on any atom is -0.472 e. The monoisotopic (exact) mass is 681 g/mol. The molecule has 3 amide bonds. The molecule has 2 fully saturated rings. The molecule has 0 unspecified atom stereocenters. The number of ether oxygens (including phenoxy) is 2. The molecular weight excluding hydrogens is 634 g/mol. The maximum atomic E-state index is 14.0. The number of carbonyl (C=O) groups excluding carboxylic acids is 3. The quantitative estimate of drug-likeness (QED) is 0.300. The minimum absolute atomic E-state index is 0.0468. The summed E-state index contributed by atoms with van der Waals surface area (Å²) in [4.78, 5) is 48.6. The summed E-state index contributed by atoms with van der Waals surface area (Å²) in [6.45, 7) is 14.2. The van der Waals surface area contributed by atoms with E-state index in [1.54, 1.807) is 22.3 Å². The number of β-amino-alcohol motifs (C(OH)–C–C–N with tert-alkyl or cyclic N) is 1. The van der Waals surface area contributed by atoms with Crippen LogP contribution in [0.3, 0.4) is 0 Å². The van der Waals surface area contributed by atoms with Crippen molar-refractivity contribution in [2.24, 2.45) is 5.92 Å². The molecule has 0 spiro atoms. The van der Waals surface area contributed by atoms with Crippen molar-refractivity contribution in [3.05, 3.63) is 52.9 Å². The largest absolute Gasteiger partial charge is 0.472 e. The lowest BCUT2D eigenvalue weighted by atomic mass is 9.91. The summed E-state index contributed by atoms with van der Waals surface area (Å²) in [6.07, 6.45) is 0.00983.